The molecule has 1 aromatic heterocycles. The second kappa shape index (κ2) is 6.19. The number of likely N-dealkylation sites (tertiary alicyclic amines) is 1. The number of rotatable bonds is 2. The third kappa shape index (κ3) is 2.72. The summed E-state index contributed by atoms with van der Waals surface area (Å²) < 4.78 is 11.8. The van der Waals surface area contributed by atoms with Gasteiger partial charge in [0.15, 0.2) is 11.5 Å². The first-order chi connectivity index (χ1) is 11.7. The van der Waals surface area contributed by atoms with Crippen molar-refractivity contribution in [2.24, 2.45) is 0 Å². The summed E-state index contributed by atoms with van der Waals surface area (Å²) in [5, 5.41) is 7.04. The molecule has 0 unspecified atom stereocenters. The largest absolute Gasteiger partial charge is 0.482 e. The highest BCUT2D eigenvalue weighted by atomic mass is 16.6. The quantitative estimate of drug-likeness (QED) is 0.919. The molecule has 126 valence electrons. The van der Waals surface area contributed by atoms with Crippen LogP contribution in [-0.4, -0.2) is 46.3 Å². The molecule has 6 heteroatoms. The maximum Gasteiger partial charge on any atom is 0.267 e. The summed E-state index contributed by atoms with van der Waals surface area (Å²) in [6.45, 7) is 3.34. The lowest BCUT2D eigenvalue weighted by atomic mass is 9.94. The number of H-pyrrole nitrogens is 1. The van der Waals surface area contributed by atoms with E-state index in [1.165, 1.54) is 0 Å². The minimum atomic E-state index is -0.597. The average molecular weight is 327 g/mol. The molecule has 0 spiro atoms. The predicted molar refractivity (Wildman–Crippen MR) is 88.1 cm³/mol. The van der Waals surface area contributed by atoms with E-state index in [4.69, 9.17) is 9.47 Å². The van der Waals surface area contributed by atoms with Crippen LogP contribution in [0.1, 0.15) is 31.4 Å². The molecular formula is C18H21N3O3. The zero-order valence-electron chi connectivity index (χ0n) is 13.6. The Morgan fingerprint density at radius 3 is 2.79 bits per heavy atom. The van der Waals surface area contributed by atoms with E-state index in [0.717, 1.165) is 25.1 Å². The molecule has 6 nitrogen and oxygen atoms in total. The number of carbonyl (C=O) groups is 1. The first-order valence-electron chi connectivity index (χ1n) is 8.43. The van der Waals surface area contributed by atoms with Crippen LogP contribution in [0.3, 0.4) is 0 Å². The van der Waals surface area contributed by atoms with Gasteiger partial charge in [-0.15, -0.1) is 0 Å². The lowest BCUT2D eigenvalue weighted by Crippen LogP contribution is -2.52. The van der Waals surface area contributed by atoms with Crippen LogP contribution in [0.15, 0.2) is 36.5 Å². The summed E-state index contributed by atoms with van der Waals surface area (Å²) in [6.07, 6.45) is 2.90. The van der Waals surface area contributed by atoms with Crippen molar-refractivity contribution in [2.45, 2.75) is 37.9 Å². The van der Waals surface area contributed by atoms with E-state index in [9.17, 15) is 4.79 Å². The second-order valence-electron chi connectivity index (χ2n) is 6.44. The highest BCUT2D eigenvalue weighted by Gasteiger charge is 2.38. The Balaban J connectivity index is 1.49. The van der Waals surface area contributed by atoms with E-state index < -0.39 is 6.10 Å². The predicted octanol–water partition coefficient (Wildman–Crippen LogP) is 2.34. The number of para-hydroxylation sites is 2. The number of hydrogen-bond donors (Lipinski definition) is 1. The van der Waals surface area contributed by atoms with Crippen molar-refractivity contribution < 1.29 is 14.3 Å². The number of piperidine rings is 1. The smallest absolute Gasteiger partial charge is 0.267 e. The molecule has 4 rings (SSSR count). The van der Waals surface area contributed by atoms with Gasteiger partial charge in [-0.1, -0.05) is 12.1 Å². The van der Waals surface area contributed by atoms with Crippen LogP contribution < -0.4 is 9.47 Å². The van der Waals surface area contributed by atoms with Crippen molar-refractivity contribution in [3.63, 3.8) is 0 Å². The standard InChI is InChI=1S/C18H21N3O3/c1-12-17(24-16-7-3-2-6-15(16)23-12)18(22)21-10-4-5-13(11-21)14-8-9-19-20-14/h2-3,6-9,12-13,17H,4-5,10-11H2,1H3,(H,19,20)/t12-,13-,17-/m0/s1. The van der Waals surface area contributed by atoms with Gasteiger partial charge in [0.2, 0.25) is 6.10 Å². The Labute approximate surface area is 140 Å². The Kier molecular flexibility index (Phi) is 3.88. The molecule has 2 aliphatic heterocycles. The van der Waals surface area contributed by atoms with Gasteiger partial charge in [0.1, 0.15) is 6.10 Å². The summed E-state index contributed by atoms with van der Waals surface area (Å²) >= 11 is 0. The summed E-state index contributed by atoms with van der Waals surface area (Å²) in [4.78, 5) is 14.9. The summed E-state index contributed by atoms with van der Waals surface area (Å²) in [6, 6.07) is 9.47. The van der Waals surface area contributed by atoms with E-state index in [1.807, 2.05) is 42.2 Å². The van der Waals surface area contributed by atoms with Crippen molar-refractivity contribution in [2.75, 3.05) is 13.1 Å². The van der Waals surface area contributed by atoms with Gasteiger partial charge < -0.3 is 14.4 Å². The molecule has 1 aromatic carbocycles. The Hall–Kier alpha value is -2.50. The van der Waals surface area contributed by atoms with Gasteiger partial charge >= 0.3 is 0 Å². The molecule has 0 saturated carbocycles. The monoisotopic (exact) mass is 327 g/mol. The number of fused-ring (bicyclic) bond motifs is 1. The number of carbonyl (C=O) groups excluding carboxylic acids is 1. The number of amides is 1. The van der Waals surface area contributed by atoms with Gasteiger partial charge in [0, 0.05) is 30.9 Å². The van der Waals surface area contributed by atoms with Gasteiger partial charge in [-0.05, 0) is 38.0 Å². The van der Waals surface area contributed by atoms with Crippen molar-refractivity contribution in [1.82, 2.24) is 15.1 Å². The lowest BCUT2D eigenvalue weighted by molar-refractivity contribution is -0.145. The first kappa shape index (κ1) is 15.1. The van der Waals surface area contributed by atoms with E-state index in [2.05, 4.69) is 10.2 Å². The lowest BCUT2D eigenvalue weighted by Gasteiger charge is -2.37. The number of benzene rings is 1. The molecule has 0 bridgehead atoms. The minimum Gasteiger partial charge on any atom is -0.482 e. The Bertz CT molecular complexity index is 716. The number of aromatic nitrogens is 2. The Morgan fingerprint density at radius 1 is 1.25 bits per heavy atom. The molecule has 2 aromatic rings. The average Bonchev–Trinajstić information content (AvgIpc) is 3.15. The second-order valence-corrected chi connectivity index (χ2v) is 6.44. The van der Waals surface area contributed by atoms with Crippen LogP contribution in [0.4, 0.5) is 0 Å². The third-order valence-electron chi connectivity index (χ3n) is 4.78. The highest BCUT2D eigenvalue weighted by molar-refractivity contribution is 5.82. The molecule has 2 aliphatic rings. The van der Waals surface area contributed by atoms with Crippen LogP contribution in [0.25, 0.3) is 0 Å². The Morgan fingerprint density at radius 2 is 2.04 bits per heavy atom. The molecule has 1 amide bonds. The van der Waals surface area contributed by atoms with Gasteiger partial charge in [0.25, 0.3) is 5.91 Å². The number of hydrogen-bond acceptors (Lipinski definition) is 4. The molecule has 3 atom stereocenters. The number of nitrogens with zero attached hydrogens (tertiary/aromatic N) is 2. The molecule has 1 saturated heterocycles. The molecule has 1 fully saturated rings. The van der Waals surface area contributed by atoms with Crippen LogP contribution in [0.5, 0.6) is 11.5 Å². The van der Waals surface area contributed by atoms with Crippen molar-refractivity contribution in [1.29, 1.82) is 0 Å². The fourth-order valence-corrected chi connectivity index (χ4v) is 3.50. The zero-order chi connectivity index (χ0) is 16.5. The van der Waals surface area contributed by atoms with E-state index in [1.54, 1.807) is 6.20 Å². The van der Waals surface area contributed by atoms with Crippen molar-refractivity contribution in [3.8, 4) is 11.5 Å². The van der Waals surface area contributed by atoms with E-state index >= 15 is 0 Å². The SMILES string of the molecule is C[C@@H]1Oc2ccccc2O[C@@H]1C(=O)N1CCC[C@H](c2ccn[nH]2)C1. The van der Waals surface area contributed by atoms with E-state index in [-0.39, 0.29) is 12.0 Å². The fourth-order valence-electron chi connectivity index (χ4n) is 3.50. The summed E-state index contributed by atoms with van der Waals surface area (Å²) in [5.41, 5.74) is 1.09. The van der Waals surface area contributed by atoms with Crippen LogP contribution in [0, 0.1) is 0 Å². The molecule has 3 heterocycles. The van der Waals surface area contributed by atoms with E-state index in [0.29, 0.717) is 24.0 Å². The maximum atomic E-state index is 13.0. The van der Waals surface area contributed by atoms with Crippen LogP contribution >= 0.6 is 0 Å². The number of ether oxygens (including phenoxy) is 2. The third-order valence-corrected chi connectivity index (χ3v) is 4.78. The number of nitrogens with one attached hydrogen (secondary N) is 1. The normalized spacial score (nSPS) is 26.2. The number of aromatic amines is 1. The topological polar surface area (TPSA) is 67.5 Å². The fraction of sp³-hybridized carbons (Fsp3) is 0.444. The van der Waals surface area contributed by atoms with Crippen molar-refractivity contribution >= 4 is 5.91 Å². The van der Waals surface area contributed by atoms with Crippen LogP contribution in [0.2, 0.25) is 0 Å². The van der Waals surface area contributed by atoms with Gasteiger partial charge in [0.05, 0.1) is 0 Å². The molecule has 24 heavy (non-hydrogen) atoms. The van der Waals surface area contributed by atoms with Gasteiger partial charge in [-0.2, -0.15) is 5.10 Å². The zero-order valence-corrected chi connectivity index (χ0v) is 13.6. The highest BCUT2D eigenvalue weighted by Crippen LogP contribution is 2.34. The molecule has 0 aliphatic carbocycles. The first-order valence-corrected chi connectivity index (χ1v) is 8.43. The molecule has 0 radical (unpaired) electrons. The maximum absolute atomic E-state index is 13.0. The minimum absolute atomic E-state index is 0.00113. The van der Waals surface area contributed by atoms with Crippen LogP contribution in [-0.2, 0) is 4.79 Å². The summed E-state index contributed by atoms with van der Waals surface area (Å²) in [7, 11) is 0. The van der Waals surface area contributed by atoms with Gasteiger partial charge in [-0.25, -0.2) is 0 Å². The summed E-state index contributed by atoms with van der Waals surface area (Å²) in [5.74, 6) is 1.64. The molecular weight excluding hydrogens is 306 g/mol. The van der Waals surface area contributed by atoms with Crippen molar-refractivity contribution in [3.05, 3.63) is 42.2 Å². The molecule has 1 N–H and O–H groups in total. The van der Waals surface area contributed by atoms with Gasteiger partial charge in [-0.3, -0.25) is 9.89 Å².